The van der Waals surface area contributed by atoms with E-state index in [0.717, 1.165) is 6.42 Å². The van der Waals surface area contributed by atoms with Crippen LogP contribution in [0.4, 0.5) is 0 Å². The van der Waals surface area contributed by atoms with Crippen LogP contribution in [0.25, 0.3) is 0 Å². The number of hydrogen-bond acceptors (Lipinski definition) is 2. The highest BCUT2D eigenvalue weighted by atomic mass is 16.5. The van der Waals surface area contributed by atoms with Gasteiger partial charge < -0.3 is 4.74 Å². The highest BCUT2D eigenvalue weighted by Crippen LogP contribution is 2.12. The molecule has 0 aromatic carbocycles. The lowest BCUT2D eigenvalue weighted by Gasteiger charge is -2.16. The first-order chi connectivity index (χ1) is 5.11. The Bertz CT molecular complexity index is 140. The predicted molar refractivity (Wildman–Crippen MR) is 45.0 cm³/mol. The first kappa shape index (κ1) is 10.2. The zero-order chi connectivity index (χ0) is 8.85. The van der Waals surface area contributed by atoms with Gasteiger partial charge in [0.25, 0.3) is 0 Å². The summed E-state index contributed by atoms with van der Waals surface area (Å²) in [5, 5.41) is 0. The molecular weight excluding hydrogens is 140 g/mol. The summed E-state index contributed by atoms with van der Waals surface area (Å²) in [6, 6.07) is 0. The highest BCUT2D eigenvalue weighted by Gasteiger charge is 2.13. The lowest BCUT2D eigenvalue weighted by atomic mass is 10.0. The van der Waals surface area contributed by atoms with Crippen LogP contribution in [0.5, 0.6) is 0 Å². The zero-order valence-corrected chi connectivity index (χ0v) is 7.39. The van der Waals surface area contributed by atoms with Crippen LogP contribution in [0.15, 0.2) is 12.7 Å². The molecule has 1 atom stereocenters. The monoisotopic (exact) mass is 155 g/mol. The van der Waals surface area contributed by atoms with Crippen LogP contribution < -0.4 is 0 Å². The van der Waals surface area contributed by atoms with Crippen LogP contribution in [0.3, 0.4) is 0 Å². The van der Waals surface area contributed by atoms with Crippen LogP contribution in [0.1, 0.15) is 27.2 Å². The van der Waals surface area contributed by atoms with E-state index in [9.17, 15) is 4.79 Å². The number of ether oxygens (including phenoxy) is 1. The Morgan fingerprint density at radius 3 is 2.64 bits per heavy atom. The van der Waals surface area contributed by atoms with Gasteiger partial charge in [-0.1, -0.05) is 20.4 Å². The first-order valence-electron chi connectivity index (χ1n) is 3.77. The molecule has 0 saturated heterocycles. The van der Waals surface area contributed by atoms with E-state index in [1.807, 2.05) is 20.8 Å². The van der Waals surface area contributed by atoms with E-state index in [1.54, 1.807) is 0 Å². The maximum atomic E-state index is 10.7. The van der Waals surface area contributed by atoms with Crippen LogP contribution in [-0.2, 0) is 9.53 Å². The third-order valence-electron chi connectivity index (χ3n) is 1.71. The SMILES string of the molecule is C=CC(=O)OC(C)[C](C)CC. The largest absolute Gasteiger partial charge is 0.459 e. The van der Waals surface area contributed by atoms with Crippen molar-refractivity contribution >= 4 is 5.97 Å². The van der Waals surface area contributed by atoms with E-state index in [-0.39, 0.29) is 12.1 Å². The average Bonchev–Trinajstić information content (AvgIpc) is 2.02. The molecule has 0 spiro atoms. The van der Waals surface area contributed by atoms with Gasteiger partial charge in [0.15, 0.2) is 0 Å². The molecule has 0 aliphatic carbocycles. The third-order valence-corrected chi connectivity index (χ3v) is 1.71. The lowest BCUT2D eigenvalue weighted by Crippen LogP contribution is -2.18. The van der Waals surface area contributed by atoms with Crippen molar-refractivity contribution < 1.29 is 9.53 Å². The maximum Gasteiger partial charge on any atom is 0.330 e. The van der Waals surface area contributed by atoms with Gasteiger partial charge in [0, 0.05) is 12.0 Å². The number of rotatable bonds is 4. The summed E-state index contributed by atoms with van der Waals surface area (Å²) in [5.41, 5.74) is 0. The summed E-state index contributed by atoms with van der Waals surface area (Å²) in [5.74, 6) is 0.811. The van der Waals surface area contributed by atoms with Gasteiger partial charge in [-0.15, -0.1) is 0 Å². The topological polar surface area (TPSA) is 26.3 Å². The minimum atomic E-state index is -0.356. The van der Waals surface area contributed by atoms with E-state index in [4.69, 9.17) is 4.74 Å². The molecule has 63 valence electrons. The van der Waals surface area contributed by atoms with Crippen LogP contribution in [0.2, 0.25) is 0 Å². The summed E-state index contributed by atoms with van der Waals surface area (Å²) in [6.45, 7) is 9.18. The van der Waals surface area contributed by atoms with E-state index in [2.05, 4.69) is 6.58 Å². The van der Waals surface area contributed by atoms with Gasteiger partial charge >= 0.3 is 5.97 Å². The third kappa shape index (κ3) is 3.81. The maximum absolute atomic E-state index is 10.7. The van der Waals surface area contributed by atoms with Crippen molar-refractivity contribution in [3.05, 3.63) is 18.6 Å². The molecule has 0 amide bonds. The predicted octanol–water partition coefficient (Wildman–Crippen LogP) is 2.11. The van der Waals surface area contributed by atoms with Crippen molar-refractivity contribution in [2.24, 2.45) is 0 Å². The molecule has 1 radical (unpaired) electrons. The van der Waals surface area contributed by atoms with Crippen molar-refractivity contribution in [1.29, 1.82) is 0 Å². The molecule has 0 aliphatic rings. The molecule has 0 N–H and O–H groups in total. The molecule has 11 heavy (non-hydrogen) atoms. The Balaban J connectivity index is 3.76. The van der Waals surface area contributed by atoms with Gasteiger partial charge in [0.2, 0.25) is 0 Å². The van der Waals surface area contributed by atoms with Crippen LogP contribution >= 0.6 is 0 Å². The molecule has 0 rings (SSSR count). The molecular formula is C9H15O2. The van der Waals surface area contributed by atoms with E-state index < -0.39 is 0 Å². The standard InChI is InChI=1S/C9H15O2/c1-5-7(3)8(4)11-9(10)6-2/h6,8H,2,5H2,1,3-4H3. The van der Waals surface area contributed by atoms with Crippen molar-refractivity contribution in [2.75, 3.05) is 0 Å². The fourth-order valence-corrected chi connectivity index (χ4v) is 0.610. The normalized spacial score (nSPS) is 12.7. The fraction of sp³-hybridized carbons (Fsp3) is 0.556. The summed E-state index contributed by atoms with van der Waals surface area (Å²) in [6.07, 6.45) is 2.02. The Morgan fingerprint density at radius 1 is 1.73 bits per heavy atom. The van der Waals surface area contributed by atoms with Gasteiger partial charge in [-0.05, 0) is 13.3 Å². The minimum absolute atomic E-state index is 0.0921. The van der Waals surface area contributed by atoms with Crippen molar-refractivity contribution in [2.45, 2.75) is 33.3 Å². The van der Waals surface area contributed by atoms with Gasteiger partial charge in [-0.25, -0.2) is 4.79 Å². The van der Waals surface area contributed by atoms with Crippen molar-refractivity contribution in [3.63, 3.8) is 0 Å². The molecule has 2 nitrogen and oxygen atoms in total. The van der Waals surface area contributed by atoms with Gasteiger partial charge in [0.1, 0.15) is 6.10 Å². The number of carbonyl (C=O) groups excluding carboxylic acids is 1. The molecule has 0 saturated carbocycles. The number of carbonyl (C=O) groups is 1. The fourth-order valence-electron chi connectivity index (χ4n) is 0.610. The second kappa shape index (κ2) is 4.94. The summed E-state index contributed by atoms with van der Waals surface area (Å²) < 4.78 is 4.96. The van der Waals surface area contributed by atoms with Crippen LogP contribution in [0, 0.1) is 5.92 Å². The molecule has 0 aromatic heterocycles. The van der Waals surface area contributed by atoms with E-state index in [0.29, 0.717) is 0 Å². The highest BCUT2D eigenvalue weighted by molar-refractivity contribution is 5.81. The molecule has 0 heterocycles. The second-order valence-corrected chi connectivity index (χ2v) is 2.48. The summed E-state index contributed by atoms with van der Waals surface area (Å²) >= 11 is 0. The number of esters is 1. The second-order valence-electron chi connectivity index (χ2n) is 2.48. The Labute approximate surface area is 68.2 Å². The Hall–Kier alpha value is -0.790. The smallest absolute Gasteiger partial charge is 0.330 e. The van der Waals surface area contributed by atoms with Gasteiger partial charge in [0.05, 0.1) is 0 Å². The van der Waals surface area contributed by atoms with Gasteiger partial charge in [-0.3, -0.25) is 0 Å². The Kier molecular flexibility index (Phi) is 4.59. The number of hydrogen-bond donors (Lipinski definition) is 0. The molecule has 0 aliphatic heterocycles. The van der Waals surface area contributed by atoms with Gasteiger partial charge in [-0.2, -0.15) is 0 Å². The van der Waals surface area contributed by atoms with Crippen LogP contribution in [-0.4, -0.2) is 12.1 Å². The molecule has 0 aromatic rings. The summed E-state index contributed by atoms with van der Waals surface area (Å²) in [4.78, 5) is 10.7. The average molecular weight is 155 g/mol. The summed E-state index contributed by atoms with van der Waals surface area (Å²) in [7, 11) is 0. The van der Waals surface area contributed by atoms with Crippen molar-refractivity contribution in [3.8, 4) is 0 Å². The minimum Gasteiger partial charge on any atom is -0.459 e. The van der Waals surface area contributed by atoms with Crippen molar-refractivity contribution in [1.82, 2.24) is 0 Å². The molecule has 2 heteroatoms. The molecule has 0 bridgehead atoms. The molecule has 1 unspecified atom stereocenters. The van der Waals surface area contributed by atoms with E-state index in [1.165, 1.54) is 12.0 Å². The Morgan fingerprint density at radius 2 is 2.27 bits per heavy atom. The quantitative estimate of drug-likeness (QED) is 0.459. The lowest BCUT2D eigenvalue weighted by molar-refractivity contribution is -0.141. The zero-order valence-electron chi connectivity index (χ0n) is 7.39. The first-order valence-corrected chi connectivity index (χ1v) is 3.77. The molecule has 0 fully saturated rings. The van der Waals surface area contributed by atoms with E-state index >= 15 is 0 Å².